The van der Waals surface area contributed by atoms with Crippen LogP contribution in [0.5, 0.6) is 0 Å². The van der Waals surface area contributed by atoms with Crippen LogP contribution >= 0.6 is 11.5 Å². The van der Waals surface area contributed by atoms with Gasteiger partial charge >= 0.3 is 0 Å². The highest BCUT2D eigenvalue weighted by atomic mass is 32.1. The molecule has 1 aliphatic heterocycles. The summed E-state index contributed by atoms with van der Waals surface area (Å²) >= 11 is 1.14. The monoisotopic (exact) mass is 345 g/mol. The molecule has 0 saturated carbocycles. The van der Waals surface area contributed by atoms with Crippen molar-refractivity contribution in [2.45, 2.75) is 19.4 Å². The fourth-order valence-corrected chi connectivity index (χ4v) is 3.27. The Morgan fingerprint density at radius 2 is 2.12 bits per heavy atom. The van der Waals surface area contributed by atoms with E-state index in [2.05, 4.69) is 19.8 Å². The van der Waals surface area contributed by atoms with Crippen LogP contribution in [0.2, 0.25) is 0 Å². The van der Waals surface area contributed by atoms with Gasteiger partial charge in [-0.15, -0.1) is 5.10 Å². The molecule has 1 fully saturated rings. The molecule has 8 heteroatoms. The number of carbonyl (C=O) groups excluding carboxylic acids is 2. The van der Waals surface area contributed by atoms with E-state index in [-0.39, 0.29) is 17.7 Å². The number of hydrogen-bond donors (Lipinski definition) is 2. The predicted molar refractivity (Wildman–Crippen MR) is 91.5 cm³/mol. The normalized spacial score (nSPS) is 18.2. The SMILES string of the molecule is NC(=O)C1CCCN(Cc2ccc(C(=O)Nc3cnns3)cc2)C1. The van der Waals surface area contributed by atoms with Crippen molar-refractivity contribution in [1.29, 1.82) is 0 Å². The lowest BCUT2D eigenvalue weighted by Gasteiger charge is -2.31. The van der Waals surface area contributed by atoms with Crippen LogP contribution in [0.1, 0.15) is 28.8 Å². The number of nitrogens with zero attached hydrogens (tertiary/aromatic N) is 3. The van der Waals surface area contributed by atoms with Gasteiger partial charge in [0.15, 0.2) is 0 Å². The van der Waals surface area contributed by atoms with Gasteiger partial charge in [-0.2, -0.15) is 0 Å². The highest BCUT2D eigenvalue weighted by Gasteiger charge is 2.23. The van der Waals surface area contributed by atoms with E-state index in [1.807, 2.05) is 12.1 Å². The minimum Gasteiger partial charge on any atom is -0.369 e. The second kappa shape index (κ2) is 7.50. The fraction of sp³-hybridized carbons (Fsp3) is 0.375. The third kappa shape index (κ3) is 4.15. The van der Waals surface area contributed by atoms with Crippen LogP contribution < -0.4 is 11.1 Å². The standard InChI is InChI=1S/C16H19N5O2S/c17-15(22)13-2-1-7-21(10-13)9-11-3-5-12(6-4-11)16(23)19-14-8-18-20-24-14/h3-6,8,13H,1-2,7,9-10H2,(H2,17,22)(H,19,23). The molecule has 2 amide bonds. The fourth-order valence-electron chi connectivity index (χ4n) is 2.86. The Hall–Kier alpha value is -2.32. The Morgan fingerprint density at radius 3 is 2.79 bits per heavy atom. The molecule has 0 bridgehead atoms. The first kappa shape index (κ1) is 16.5. The van der Waals surface area contributed by atoms with Gasteiger partial charge in [0.05, 0.1) is 12.1 Å². The van der Waals surface area contributed by atoms with Gasteiger partial charge in [0.2, 0.25) is 5.91 Å². The maximum absolute atomic E-state index is 12.1. The molecule has 3 N–H and O–H groups in total. The van der Waals surface area contributed by atoms with Gasteiger partial charge in [0.25, 0.3) is 5.91 Å². The number of hydrogen-bond acceptors (Lipinski definition) is 6. The number of nitrogens with one attached hydrogen (secondary N) is 1. The average Bonchev–Trinajstić information content (AvgIpc) is 3.08. The molecule has 24 heavy (non-hydrogen) atoms. The molecule has 7 nitrogen and oxygen atoms in total. The number of nitrogens with two attached hydrogens (primary N) is 1. The number of likely N-dealkylation sites (tertiary alicyclic amines) is 1. The first-order valence-corrected chi connectivity index (χ1v) is 8.58. The van der Waals surface area contributed by atoms with E-state index in [4.69, 9.17) is 5.73 Å². The minimum absolute atomic E-state index is 0.0585. The van der Waals surface area contributed by atoms with Crippen LogP contribution in [-0.2, 0) is 11.3 Å². The first-order chi connectivity index (χ1) is 11.6. The molecule has 3 rings (SSSR count). The van der Waals surface area contributed by atoms with Crippen molar-refractivity contribution in [3.8, 4) is 0 Å². The van der Waals surface area contributed by atoms with Gasteiger partial charge in [-0.25, -0.2) is 0 Å². The molecule has 0 radical (unpaired) electrons. The second-order valence-corrected chi connectivity index (χ2v) is 6.70. The second-order valence-electron chi connectivity index (χ2n) is 5.91. The summed E-state index contributed by atoms with van der Waals surface area (Å²) in [4.78, 5) is 25.7. The van der Waals surface area contributed by atoms with E-state index in [0.29, 0.717) is 17.1 Å². The number of benzene rings is 1. The Bertz CT molecular complexity index is 702. The van der Waals surface area contributed by atoms with Crippen LogP contribution in [0, 0.1) is 5.92 Å². The number of aromatic nitrogens is 2. The van der Waals surface area contributed by atoms with Crippen molar-refractivity contribution in [3.63, 3.8) is 0 Å². The zero-order valence-electron chi connectivity index (χ0n) is 13.1. The van der Waals surface area contributed by atoms with Crippen molar-refractivity contribution in [2.24, 2.45) is 11.7 Å². The first-order valence-electron chi connectivity index (χ1n) is 7.81. The zero-order valence-corrected chi connectivity index (χ0v) is 14.0. The molecule has 0 spiro atoms. The molecule has 126 valence electrons. The Kier molecular flexibility index (Phi) is 5.17. The van der Waals surface area contributed by atoms with Crippen molar-refractivity contribution in [2.75, 3.05) is 18.4 Å². The van der Waals surface area contributed by atoms with Gasteiger partial charge in [0, 0.05) is 30.2 Å². The van der Waals surface area contributed by atoms with E-state index >= 15 is 0 Å². The van der Waals surface area contributed by atoms with Gasteiger partial charge < -0.3 is 11.1 Å². The molecular formula is C16H19N5O2S. The van der Waals surface area contributed by atoms with E-state index in [9.17, 15) is 9.59 Å². The third-order valence-electron chi connectivity index (χ3n) is 4.13. The summed E-state index contributed by atoms with van der Waals surface area (Å²) in [6.07, 6.45) is 3.37. The number of rotatable bonds is 5. The number of anilines is 1. The summed E-state index contributed by atoms with van der Waals surface area (Å²) in [5.41, 5.74) is 7.10. The quantitative estimate of drug-likeness (QED) is 0.855. The van der Waals surface area contributed by atoms with Crippen molar-refractivity contribution in [1.82, 2.24) is 14.5 Å². The van der Waals surface area contributed by atoms with Crippen LogP contribution in [0.15, 0.2) is 30.5 Å². The predicted octanol–water partition coefficient (Wildman–Crippen LogP) is 1.49. The molecule has 1 unspecified atom stereocenters. The maximum Gasteiger partial charge on any atom is 0.256 e. The van der Waals surface area contributed by atoms with E-state index in [0.717, 1.165) is 43.0 Å². The summed E-state index contributed by atoms with van der Waals surface area (Å²) in [6, 6.07) is 7.48. The lowest BCUT2D eigenvalue weighted by molar-refractivity contribution is -0.123. The van der Waals surface area contributed by atoms with Gasteiger partial charge in [-0.3, -0.25) is 14.5 Å². The minimum atomic E-state index is -0.218. The number of primary amides is 1. The molecule has 1 aromatic heterocycles. The average molecular weight is 345 g/mol. The number of amides is 2. The molecular weight excluding hydrogens is 326 g/mol. The summed E-state index contributed by atoms with van der Waals surface area (Å²) in [6.45, 7) is 2.42. The molecule has 2 aromatic rings. The van der Waals surface area contributed by atoms with Crippen LogP contribution in [0.3, 0.4) is 0 Å². The van der Waals surface area contributed by atoms with E-state index < -0.39 is 0 Å². The maximum atomic E-state index is 12.1. The van der Waals surface area contributed by atoms with Gasteiger partial charge in [-0.05, 0) is 37.1 Å². The smallest absolute Gasteiger partial charge is 0.256 e. The van der Waals surface area contributed by atoms with Crippen LogP contribution in [0.4, 0.5) is 5.00 Å². The lowest BCUT2D eigenvalue weighted by Crippen LogP contribution is -2.40. The topological polar surface area (TPSA) is 101 Å². The van der Waals surface area contributed by atoms with Crippen LogP contribution in [-0.4, -0.2) is 39.4 Å². The lowest BCUT2D eigenvalue weighted by atomic mass is 9.97. The molecule has 1 aliphatic rings. The van der Waals surface area contributed by atoms with E-state index in [1.54, 1.807) is 12.1 Å². The molecule has 0 aliphatic carbocycles. The van der Waals surface area contributed by atoms with Crippen molar-refractivity contribution < 1.29 is 9.59 Å². The largest absolute Gasteiger partial charge is 0.369 e. The van der Waals surface area contributed by atoms with Crippen molar-refractivity contribution in [3.05, 3.63) is 41.6 Å². The van der Waals surface area contributed by atoms with Gasteiger partial charge in [0.1, 0.15) is 5.00 Å². The molecule has 1 aromatic carbocycles. The number of piperidine rings is 1. The summed E-state index contributed by atoms with van der Waals surface area (Å²) in [5, 5.41) is 7.05. The van der Waals surface area contributed by atoms with Crippen LogP contribution in [0.25, 0.3) is 0 Å². The number of carbonyl (C=O) groups is 2. The summed E-state index contributed by atoms with van der Waals surface area (Å²) < 4.78 is 3.71. The zero-order chi connectivity index (χ0) is 16.9. The molecule has 2 heterocycles. The molecule has 1 saturated heterocycles. The highest BCUT2D eigenvalue weighted by molar-refractivity contribution is 7.10. The summed E-state index contributed by atoms with van der Waals surface area (Å²) in [5.74, 6) is -0.458. The molecule has 1 atom stereocenters. The third-order valence-corrected chi connectivity index (χ3v) is 4.71. The van der Waals surface area contributed by atoms with Crippen molar-refractivity contribution >= 4 is 28.3 Å². The Morgan fingerprint density at radius 1 is 1.33 bits per heavy atom. The Labute approximate surface area is 144 Å². The van der Waals surface area contributed by atoms with E-state index in [1.165, 1.54) is 6.20 Å². The summed E-state index contributed by atoms with van der Waals surface area (Å²) in [7, 11) is 0. The highest BCUT2D eigenvalue weighted by Crippen LogP contribution is 2.19. The Balaban J connectivity index is 1.58. The van der Waals surface area contributed by atoms with Gasteiger partial charge in [-0.1, -0.05) is 16.6 Å².